The molecule has 0 radical (unpaired) electrons. The Kier molecular flexibility index (Phi) is 4.59. The molecule has 9 heteroatoms. The quantitative estimate of drug-likeness (QED) is 0.619. The van der Waals surface area contributed by atoms with E-state index in [2.05, 4.69) is 21.2 Å². The summed E-state index contributed by atoms with van der Waals surface area (Å²) in [6, 6.07) is 4.49. The first kappa shape index (κ1) is 18.2. The Hall–Kier alpha value is -1.58. The average Bonchev–Trinajstić information content (AvgIpc) is 2.80. The highest BCUT2D eigenvalue weighted by molar-refractivity contribution is 9.10. The fourth-order valence-corrected chi connectivity index (χ4v) is 5.10. The third-order valence-electron chi connectivity index (χ3n) is 4.48. The number of fused-ring (bicyclic) bond motifs is 1. The zero-order valence-corrected chi connectivity index (χ0v) is 16.0. The number of carboxylic acid groups (broad SMARTS) is 1. The molecule has 134 valence electrons. The number of carboxylic acids is 1. The van der Waals surface area contributed by atoms with E-state index in [0.717, 1.165) is 4.47 Å². The molecule has 0 bridgehead atoms. The number of amides is 2. The van der Waals surface area contributed by atoms with Gasteiger partial charge in [-0.15, -0.1) is 11.8 Å². The second-order valence-electron chi connectivity index (χ2n) is 6.61. The minimum atomic E-state index is -1.04. The van der Waals surface area contributed by atoms with Crippen molar-refractivity contribution in [3.8, 4) is 0 Å². The fourth-order valence-electron chi connectivity index (χ4n) is 3.21. The molecule has 4 atom stereocenters. The highest BCUT2D eigenvalue weighted by Crippen LogP contribution is 2.50. The number of thioether (sulfide) groups is 1. The summed E-state index contributed by atoms with van der Waals surface area (Å²) in [6.45, 7) is 3.57. The van der Waals surface area contributed by atoms with E-state index in [1.807, 2.05) is 0 Å². The number of β-lactam (4-membered cyclic amide) rings is 1. The van der Waals surface area contributed by atoms with Crippen LogP contribution in [-0.4, -0.2) is 50.0 Å². The summed E-state index contributed by atoms with van der Waals surface area (Å²) in [7, 11) is 0. The Balaban J connectivity index is 1.70. The molecule has 2 fully saturated rings. The van der Waals surface area contributed by atoms with Crippen molar-refractivity contribution in [2.24, 2.45) is 5.73 Å². The van der Waals surface area contributed by atoms with Gasteiger partial charge in [-0.3, -0.25) is 9.59 Å². The predicted molar refractivity (Wildman–Crippen MR) is 96.7 cm³/mol. The van der Waals surface area contributed by atoms with Gasteiger partial charge in [0.05, 0.1) is 0 Å². The number of hydrogen-bond acceptors (Lipinski definition) is 5. The second-order valence-corrected chi connectivity index (χ2v) is 9.30. The molecule has 0 unspecified atom stereocenters. The third kappa shape index (κ3) is 3.04. The lowest BCUT2D eigenvalue weighted by atomic mass is 9.95. The van der Waals surface area contributed by atoms with Gasteiger partial charge in [-0.05, 0) is 31.5 Å². The Morgan fingerprint density at radius 1 is 1.36 bits per heavy atom. The van der Waals surface area contributed by atoms with Gasteiger partial charge >= 0.3 is 5.97 Å². The molecule has 3 rings (SSSR count). The standard InChI is InChI=1S/C16H18BrN3O4S/c1-16(2)11(15(23)24)20-13(22)10(14(20)25-16)19-12(21)9(18)7-3-5-8(17)6-4-7/h3-6,9-11,14H,18H2,1-2H3,(H,19,21)(H,23,24)/t9-,10-,11+,14-/m1/s1. The molecular formula is C16H18BrN3O4S. The van der Waals surface area contributed by atoms with Crippen molar-refractivity contribution >= 4 is 45.5 Å². The summed E-state index contributed by atoms with van der Waals surface area (Å²) in [5.74, 6) is -1.88. The monoisotopic (exact) mass is 427 g/mol. The SMILES string of the molecule is CC1(C)S[C@@H]2[C@H](NC(=O)[C@H](N)c3ccc(Br)cc3)C(=O)N2[C@H]1C(=O)O. The molecule has 2 saturated heterocycles. The number of hydrogen-bond donors (Lipinski definition) is 3. The minimum absolute atomic E-state index is 0.383. The molecule has 1 aromatic carbocycles. The van der Waals surface area contributed by atoms with Crippen LogP contribution < -0.4 is 11.1 Å². The van der Waals surface area contributed by atoms with Crippen molar-refractivity contribution in [1.29, 1.82) is 0 Å². The molecular weight excluding hydrogens is 410 g/mol. The molecule has 1 aromatic rings. The maximum Gasteiger partial charge on any atom is 0.327 e. The van der Waals surface area contributed by atoms with E-state index in [0.29, 0.717) is 5.56 Å². The zero-order chi connectivity index (χ0) is 18.5. The van der Waals surface area contributed by atoms with E-state index in [1.165, 1.54) is 16.7 Å². The van der Waals surface area contributed by atoms with Crippen molar-refractivity contribution in [3.05, 3.63) is 34.3 Å². The first-order valence-electron chi connectivity index (χ1n) is 7.67. The number of nitrogens with zero attached hydrogens (tertiary/aromatic N) is 1. The van der Waals surface area contributed by atoms with Crippen LogP contribution in [0.5, 0.6) is 0 Å². The Morgan fingerprint density at radius 2 is 1.96 bits per heavy atom. The number of halogens is 1. The molecule has 0 aromatic heterocycles. The summed E-state index contributed by atoms with van der Waals surface area (Å²) in [6.07, 6.45) is 0. The maximum absolute atomic E-state index is 12.4. The van der Waals surface area contributed by atoms with Crippen LogP contribution >= 0.6 is 27.7 Å². The number of aliphatic carboxylic acids is 1. The smallest absolute Gasteiger partial charge is 0.327 e. The Bertz CT molecular complexity index is 739. The third-order valence-corrected chi connectivity index (χ3v) is 6.58. The Labute approximate surface area is 157 Å². The van der Waals surface area contributed by atoms with Crippen LogP contribution in [-0.2, 0) is 14.4 Å². The number of carbonyl (C=O) groups is 3. The predicted octanol–water partition coefficient (Wildman–Crippen LogP) is 1.08. The minimum Gasteiger partial charge on any atom is -0.480 e. The lowest BCUT2D eigenvalue weighted by Crippen LogP contribution is -2.71. The molecule has 7 nitrogen and oxygen atoms in total. The molecule has 2 aliphatic heterocycles. The number of carbonyl (C=O) groups excluding carboxylic acids is 2. The van der Waals surface area contributed by atoms with E-state index < -0.39 is 34.7 Å². The maximum atomic E-state index is 12.4. The molecule has 2 aliphatic rings. The van der Waals surface area contributed by atoms with E-state index in [4.69, 9.17) is 5.73 Å². The second kappa shape index (κ2) is 6.30. The van der Waals surface area contributed by atoms with Crippen molar-refractivity contribution in [2.45, 2.75) is 42.1 Å². The zero-order valence-electron chi connectivity index (χ0n) is 13.6. The summed E-state index contributed by atoms with van der Waals surface area (Å²) < 4.78 is 0.248. The van der Waals surface area contributed by atoms with Crippen molar-refractivity contribution < 1.29 is 19.5 Å². The molecule has 2 heterocycles. The van der Waals surface area contributed by atoms with E-state index >= 15 is 0 Å². The van der Waals surface area contributed by atoms with Gasteiger partial charge in [-0.1, -0.05) is 28.1 Å². The van der Waals surface area contributed by atoms with Crippen molar-refractivity contribution in [1.82, 2.24) is 10.2 Å². The highest BCUT2D eigenvalue weighted by Gasteiger charge is 2.64. The molecule has 4 N–H and O–H groups in total. The number of benzene rings is 1. The summed E-state index contributed by atoms with van der Waals surface area (Å²) >= 11 is 4.70. The van der Waals surface area contributed by atoms with Crippen LogP contribution in [0, 0.1) is 0 Å². The van der Waals surface area contributed by atoms with E-state index in [9.17, 15) is 19.5 Å². The number of nitrogens with two attached hydrogens (primary N) is 1. The van der Waals surface area contributed by atoms with Gasteiger partial charge in [0.2, 0.25) is 11.8 Å². The van der Waals surface area contributed by atoms with Crippen molar-refractivity contribution in [2.75, 3.05) is 0 Å². The number of nitrogens with one attached hydrogen (secondary N) is 1. The van der Waals surface area contributed by atoms with E-state index in [-0.39, 0.29) is 11.3 Å². The fraction of sp³-hybridized carbons (Fsp3) is 0.438. The number of rotatable bonds is 4. The van der Waals surface area contributed by atoms with Crippen LogP contribution in [0.3, 0.4) is 0 Å². The highest BCUT2D eigenvalue weighted by atomic mass is 79.9. The molecule has 0 saturated carbocycles. The topological polar surface area (TPSA) is 113 Å². The van der Waals surface area contributed by atoms with Crippen LogP contribution in [0.4, 0.5) is 0 Å². The van der Waals surface area contributed by atoms with E-state index in [1.54, 1.807) is 38.1 Å². The molecule has 25 heavy (non-hydrogen) atoms. The van der Waals surface area contributed by atoms with Gasteiger partial charge in [0.25, 0.3) is 0 Å². The normalized spacial score (nSPS) is 28.1. The molecule has 0 aliphatic carbocycles. The van der Waals surface area contributed by atoms with Crippen LogP contribution in [0.2, 0.25) is 0 Å². The summed E-state index contributed by atoms with van der Waals surface area (Å²) in [5.41, 5.74) is 6.61. The van der Waals surface area contributed by atoms with Gasteiger partial charge in [-0.25, -0.2) is 4.79 Å². The average molecular weight is 428 g/mol. The lowest BCUT2D eigenvalue weighted by molar-refractivity contribution is -0.161. The van der Waals surface area contributed by atoms with Gasteiger partial charge in [-0.2, -0.15) is 0 Å². The van der Waals surface area contributed by atoms with Gasteiger partial charge in [0.1, 0.15) is 23.5 Å². The molecule has 2 amide bonds. The van der Waals surface area contributed by atoms with Crippen molar-refractivity contribution in [3.63, 3.8) is 0 Å². The van der Waals surface area contributed by atoms with Crippen LogP contribution in [0.1, 0.15) is 25.5 Å². The van der Waals surface area contributed by atoms with Crippen LogP contribution in [0.25, 0.3) is 0 Å². The first-order valence-corrected chi connectivity index (χ1v) is 9.35. The molecule has 0 spiro atoms. The largest absolute Gasteiger partial charge is 0.480 e. The van der Waals surface area contributed by atoms with Gasteiger partial charge in [0, 0.05) is 9.22 Å². The van der Waals surface area contributed by atoms with Gasteiger partial charge < -0.3 is 21.1 Å². The Morgan fingerprint density at radius 3 is 2.52 bits per heavy atom. The lowest BCUT2D eigenvalue weighted by Gasteiger charge is -2.43. The van der Waals surface area contributed by atoms with Gasteiger partial charge in [0.15, 0.2) is 0 Å². The summed E-state index contributed by atoms with van der Waals surface area (Å²) in [4.78, 5) is 37.6. The first-order chi connectivity index (χ1) is 11.6. The summed E-state index contributed by atoms with van der Waals surface area (Å²) in [5, 5.41) is 11.7. The van der Waals surface area contributed by atoms with Crippen LogP contribution in [0.15, 0.2) is 28.7 Å².